The van der Waals surface area contributed by atoms with Gasteiger partial charge in [-0.1, -0.05) is 13.3 Å². The maximum atomic E-state index is 12.0. The summed E-state index contributed by atoms with van der Waals surface area (Å²) in [6.45, 7) is 1.67. The van der Waals surface area contributed by atoms with Crippen molar-refractivity contribution in [1.82, 2.24) is 10.2 Å². The van der Waals surface area contributed by atoms with Crippen molar-refractivity contribution in [2.75, 3.05) is 18.8 Å². The lowest BCUT2D eigenvalue weighted by Crippen LogP contribution is -2.58. The molecule has 1 heterocycles. The van der Waals surface area contributed by atoms with Gasteiger partial charge in [-0.25, -0.2) is 0 Å². The molecule has 1 fully saturated rings. The van der Waals surface area contributed by atoms with E-state index in [0.717, 1.165) is 0 Å². The van der Waals surface area contributed by atoms with Gasteiger partial charge < -0.3 is 10.2 Å². The molecule has 0 aromatic heterocycles. The number of alkyl halides is 3. The fourth-order valence-electron chi connectivity index (χ4n) is 1.80. The monoisotopic (exact) mass is 284 g/mol. The lowest BCUT2D eigenvalue weighted by Gasteiger charge is -2.34. The van der Waals surface area contributed by atoms with Gasteiger partial charge in [0, 0.05) is 12.3 Å². The van der Waals surface area contributed by atoms with Crippen LogP contribution >= 0.6 is 11.8 Å². The van der Waals surface area contributed by atoms with Gasteiger partial charge in [-0.3, -0.25) is 9.59 Å². The summed E-state index contributed by atoms with van der Waals surface area (Å²) >= 11 is -0.175. The molecular weight excluding hydrogens is 269 g/mol. The van der Waals surface area contributed by atoms with Crippen LogP contribution in [-0.4, -0.2) is 47.1 Å². The molecule has 1 N–H and O–H groups in total. The highest BCUT2D eigenvalue weighted by atomic mass is 32.2. The molecule has 8 heteroatoms. The molecule has 0 radical (unpaired) electrons. The summed E-state index contributed by atoms with van der Waals surface area (Å²) in [7, 11) is 0. The van der Waals surface area contributed by atoms with Gasteiger partial charge in [0.05, 0.1) is 6.54 Å². The van der Waals surface area contributed by atoms with E-state index < -0.39 is 11.6 Å². The first-order valence-corrected chi connectivity index (χ1v) is 6.61. The summed E-state index contributed by atoms with van der Waals surface area (Å²) < 4.78 is 36.0. The molecule has 18 heavy (non-hydrogen) atoms. The lowest BCUT2D eigenvalue weighted by atomic mass is 10.1. The minimum atomic E-state index is -4.30. The summed E-state index contributed by atoms with van der Waals surface area (Å²) in [6.07, 6.45) is 1.16. The Hall–Kier alpha value is -0.920. The van der Waals surface area contributed by atoms with E-state index in [9.17, 15) is 22.8 Å². The number of nitrogens with one attached hydrogen (secondary N) is 1. The zero-order valence-electron chi connectivity index (χ0n) is 9.92. The molecule has 0 spiro atoms. The van der Waals surface area contributed by atoms with Crippen LogP contribution in [0.15, 0.2) is 0 Å². The van der Waals surface area contributed by atoms with Crippen molar-refractivity contribution in [3.63, 3.8) is 0 Å². The summed E-state index contributed by atoms with van der Waals surface area (Å²) in [5, 5.41) is 2.44. The summed E-state index contributed by atoms with van der Waals surface area (Å²) in [6, 6.07) is -0.634. The number of amides is 2. The van der Waals surface area contributed by atoms with Crippen LogP contribution in [0.5, 0.6) is 0 Å². The van der Waals surface area contributed by atoms with Gasteiger partial charge in [-0.2, -0.15) is 13.2 Å². The largest absolute Gasteiger partial charge is 0.441 e. The number of nitrogens with zero attached hydrogens (tertiary/aromatic N) is 1. The second-order valence-corrected chi connectivity index (χ2v) is 5.06. The van der Waals surface area contributed by atoms with Crippen LogP contribution in [0.1, 0.15) is 19.8 Å². The van der Waals surface area contributed by atoms with Gasteiger partial charge in [-0.15, -0.1) is 0 Å². The molecule has 1 unspecified atom stereocenters. The molecule has 0 aromatic rings. The minimum Gasteiger partial charge on any atom is -0.345 e. The van der Waals surface area contributed by atoms with Crippen LogP contribution in [0, 0.1) is 0 Å². The standard InChI is InChI=1S/C10H15F3N2O2S/c1-2-3-7-9(17)14-6-8(16)15(7)4-5-18-10(11,12)13/h7H,2-6H2,1H3,(H,14,17). The first kappa shape index (κ1) is 15.1. The van der Waals surface area contributed by atoms with E-state index in [1.165, 1.54) is 4.90 Å². The SMILES string of the molecule is CCCC1C(=O)NCC(=O)N1CCSC(F)(F)F. The molecule has 104 valence electrons. The van der Waals surface area contributed by atoms with Crippen molar-refractivity contribution in [3.05, 3.63) is 0 Å². The molecule has 0 saturated carbocycles. The Morgan fingerprint density at radius 1 is 1.44 bits per heavy atom. The highest BCUT2D eigenvalue weighted by molar-refractivity contribution is 8.00. The average molecular weight is 284 g/mol. The van der Waals surface area contributed by atoms with Gasteiger partial charge in [0.2, 0.25) is 11.8 Å². The van der Waals surface area contributed by atoms with Crippen LogP contribution in [0.25, 0.3) is 0 Å². The first-order valence-electron chi connectivity index (χ1n) is 5.63. The Morgan fingerprint density at radius 3 is 2.67 bits per heavy atom. The molecular formula is C10H15F3N2O2S. The molecule has 2 amide bonds. The van der Waals surface area contributed by atoms with Crippen molar-refractivity contribution in [2.24, 2.45) is 0 Å². The third-order valence-electron chi connectivity index (χ3n) is 2.57. The maximum absolute atomic E-state index is 12.0. The molecule has 4 nitrogen and oxygen atoms in total. The van der Waals surface area contributed by atoms with E-state index in [4.69, 9.17) is 0 Å². The van der Waals surface area contributed by atoms with Crippen LogP contribution in [0.4, 0.5) is 13.2 Å². The number of piperazine rings is 1. The predicted molar refractivity (Wildman–Crippen MR) is 61.9 cm³/mol. The van der Waals surface area contributed by atoms with Gasteiger partial charge >= 0.3 is 5.51 Å². The fraction of sp³-hybridized carbons (Fsp3) is 0.800. The van der Waals surface area contributed by atoms with Crippen LogP contribution < -0.4 is 5.32 Å². The first-order chi connectivity index (χ1) is 8.35. The van der Waals surface area contributed by atoms with Crippen molar-refractivity contribution in [2.45, 2.75) is 31.3 Å². The topological polar surface area (TPSA) is 49.4 Å². The van der Waals surface area contributed by atoms with Crippen molar-refractivity contribution in [3.8, 4) is 0 Å². The normalized spacial score (nSPS) is 21.1. The third-order valence-corrected chi connectivity index (χ3v) is 3.29. The van der Waals surface area contributed by atoms with Gasteiger partial charge in [-0.05, 0) is 18.2 Å². The molecule has 1 aliphatic heterocycles. The zero-order valence-corrected chi connectivity index (χ0v) is 10.7. The van der Waals surface area contributed by atoms with E-state index >= 15 is 0 Å². The van der Waals surface area contributed by atoms with Crippen LogP contribution in [0.3, 0.4) is 0 Å². The molecule has 1 aliphatic rings. The number of halogens is 3. The number of carbonyl (C=O) groups excluding carboxylic acids is 2. The smallest absolute Gasteiger partial charge is 0.345 e. The van der Waals surface area contributed by atoms with Crippen LogP contribution in [-0.2, 0) is 9.59 Å². The number of hydrogen-bond donors (Lipinski definition) is 1. The van der Waals surface area contributed by atoms with Gasteiger partial charge in [0.1, 0.15) is 6.04 Å². The average Bonchev–Trinajstić information content (AvgIpc) is 2.26. The van der Waals surface area contributed by atoms with E-state index in [1.54, 1.807) is 0 Å². The second-order valence-electron chi connectivity index (χ2n) is 3.90. The van der Waals surface area contributed by atoms with E-state index in [0.29, 0.717) is 12.8 Å². The number of rotatable bonds is 5. The summed E-state index contributed by atoms with van der Waals surface area (Å²) in [4.78, 5) is 24.4. The summed E-state index contributed by atoms with van der Waals surface area (Å²) in [5.41, 5.74) is -4.30. The Bertz CT molecular complexity index is 323. The van der Waals surface area contributed by atoms with Crippen molar-refractivity contribution < 1.29 is 22.8 Å². The van der Waals surface area contributed by atoms with Crippen molar-refractivity contribution >= 4 is 23.6 Å². The minimum absolute atomic E-state index is 0.0545. The maximum Gasteiger partial charge on any atom is 0.441 e. The number of hydrogen-bond acceptors (Lipinski definition) is 3. The Labute approximate surface area is 107 Å². The van der Waals surface area contributed by atoms with E-state index in [1.807, 2.05) is 6.92 Å². The Morgan fingerprint density at radius 2 is 2.11 bits per heavy atom. The molecule has 0 bridgehead atoms. The third kappa shape index (κ3) is 4.40. The molecule has 1 saturated heterocycles. The number of carbonyl (C=O) groups is 2. The Kier molecular flexibility index (Phi) is 5.30. The van der Waals surface area contributed by atoms with Gasteiger partial charge in [0.25, 0.3) is 0 Å². The second kappa shape index (κ2) is 6.31. The van der Waals surface area contributed by atoms with E-state index in [-0.39, 0.29) is 42.4 Å². The highest BCUT2D eigenvalue weighted by Gasteiger charge is 2.34. The summed E-state index contributed by atoms with van der Waals surface area (Å²) in [5.74, 6) is -0.854. The number of thioether (sulfide) groups is 1. The predicted octanol–water partition coefficient (Wildman–Crippen LogP) is 1.37. The van der Waals surface area contributed by atoms with Crippen LogP contribution in [0.2, 0.25) is 0 Å². The van der Waals surface area contributed by atoms with E-state index in [2.05, 4.69) is 5.32 Å². The Balaban J connectivity index is 2.57. The quantitative estimate of drug-likeness (QED) is 0.829. The molecule has 1 atom stereocenters. The van der Waals surface area contributed by atoms with Gasteiger partial charge in [0.15, 0.2) is 0 Å². The zero-order chi connectivity index (χ0) is 13.8. The molecule has 1 rings (SSSR count). The fourth-order valence-corrected chi connectivity index (χ4v) is 2.32. The van der Waals surface area contributed by atoms with Crippen molar-refractivity contribution in [1.29, 1.82) is 0 Å². The molecule has 0 aromatic carbocycles. The highest BCUT2D eigenvalue weighted by Crippen LogP contribution is 2.30. The lowest BCUT2D eigenvalue weighted by molar-refractivity contribution is -0.145. The molecule has 0 aliphatic carbocycles.